The van der Waals surface area contributed by atoms with Crippen LogP contribution in [0, 0.1) is 0 Å². The van der Waals surface area contributed by atoms with E-state index in [2.05, 4.69) is 9.88 Å². The molecule has 2 aromatic rings. The topological polar surface area (TPSA) is 64.1 Å². The number of hydrogen-bond acceptors (Lipinski definition) is 6. The van der Waals surface area contributed by atoms with Crippen LogP contribution in [0.25, 0.3) is 0 Å². The van der Waals surface area contributed by atoms with Gasteiger partial charge in [-0.05, 0) is 30.3 Å². The number of methoxy groups -OCH3 is 3. The van der Waals surface area contributed by atoms with Gasteiger partial charge < -0.3 is 24.0 Å². The van der Waals surface area contributed by atoms with Gasteiger partial charge in [-0.25, -0.2) is 0 Å². The Morgan fingerprint density at radius 2 is 1.58 bits per heavy atom. The third-order valence-electron chi connectivity index (χ3n) is 4.47. The molecule has 1 aromatic heterocycles. The number of hydrogen-bond donors (Lipinski definition) is 0. The van der Waals surface area contributed by atoms with Crippen LogP contribution in [0.3, 0.4) is 0 Å². The van der Waals surface area contributed by atoms with Crippen molar-refractivity contribution >= 4 is 11.6 Å². The SMILES string of the molecule is COc1ccc(N2CCN(C(=O)c3ccc(OC)nc3OC)CC2)cc1. The van der Waals surface area contributed by atoms with Gasteiger partial charge in [0.05, 0.1) is 21.3 Å². The Labute approximate surface area is 153 Å². The van der Waals surface area contributed by atoms with Gasteiger partial charge in [0.25, 0.3) is 5.91 Å². The van der Waals surface area contributed by atoms with Gasteiger partial charge in [0.15, 0.2) is 0 Å². The van der Waals surface area contributed by atoms with E-state index in [9.17, 15) is 4.79 Å². The van der Waals surface area contributed by atoms with Crippen molar-refractivity contribution in [2.75, 3.05) is 52.4 Å². The number of amides is 1. The van der Waals surface area contributed by atoms with Crippen molar-refractivity contribution in [1.29, 1.82) is 0 Å². The molecule has 1 fully saturated rings. The number of rotatable bonds is 5. The maximum absolute atomic E-state index is 12.8. The Morgan fingerprint density at radius 1 is 0.885 bits per heavy atom. The van der Waals surface area contributed by atoms with Crippen LogP contribution >= 0.6 is 0 Å². The number of nitrogens with zero attached hydrogens (tertiary/aromatic N) is 3. The van der Waals surface area contributed by atoms with Gasteiger partial charge in [0.1, 0.15) is 11.3 Å². The lowest BCUT2D eigenvalue weighted by Crippen LogP contribution is -2.48. The van der Waals surface area contributed by atoms with E-state index in [0.717, 1.165) is 24.5 Å². The molecular formula is C19H23N3O4. The highest BCUT2D eigenvalue weighted by Crippen LogP contribution is 2.24. The molecule has 7 nitrogen and oxygen atoms in total. The summed E-state index contributed by atoms with van der Waals surface area (Å²) in [6.45, 7) is 2.81. The minimum Gasteiger partial charge on any atom is -0.497 e. The molecule has 0 bridgehead atoms. The van der Waals surface area contributed by atoms with Gasteiger partial charge in [-0.2, -0.15) is 4.98 Å². The van der Waals surface area contributed by atoms with E-state index in [0.29, 0.717) is 24.5 Å². The summed E-state index contributed by atoms with van der Waals surface area (Å²) < 4.78 is 15.5. The molecule has 7 heteroatoms. The second-order valence-electron chi connectivity index (χ2n) is 5.89. The van der Waals surface area contributed by atoms with Crippen molar-refractivity contribution in [1.82, 2.24) is 9.88 Å². The average Bonchev–Trinajstić information content (AvgIpc) is 2.73. The fourth-order valence-electron chi connectivity index (χ4n) is 2.99. The van der Waals surface area contributed by atoms with E-state index in [1.807, 2.05) is 29.2 Å². The third kappa shape index (κ3) is 3.66. The summed E-state index contributed by atoms with van der Waals surface area (Å²) in [6.07, 6.45) is 0. The molecule has 3 rings (SSSR count). The van der Waals surface area contributed by atoms with Gasteiger partial charge in [-0.1, -0.05) is 0 Å². The van der Waals surface area contributed by atoms with Crippen LogP contribution in [0.1, 0.15) is 10.4 Å². The van der Waals surface area contributed by atoms with Crippen LogP contribution in [0.4, 0.5) is 5.69 Å². The average molecular weight is 357 g/mol. The molecular weight excluding hydrogens is 334 g/mol. The fourth-order valence-corrected chi connectivity index (χ4v) is 2.99. The highest BCUT2D eigenvalue weighted by molar-refractivity contribution is 5.96. The monoisotopic (exact) mass is 357 g/mol. The van der Waals surface area contributed by atoms with Crippen molar-refractivity contribution in [2.45, 2.75) is 0 Å². The predicted octanol–water partition coefficient (Wildman–Crippen LogP) is 2.07. The molecule has 1 aromatic carbocycles. The van der Waals surface area contributed by atoms with E-state index in [1.165, 1.54) is 14.2 Å². The van der Waals surface area contributed by atoms with Crippen molar-refractivity contribution < 1.29 is 19.0 Å². The zero-order valence-electron chi connectivity index (χ0n) is 15.3. The van der Waals surface area contributed by atoms with Gasteiger partial charge in [-0.15, -0.1) is 0 Å². The van der Waals surface area contributed by atoms with Gasteiger partial charge in [-0.3, -0.25) is 4.79 Å². The largest absolute Gasteiger partial charge is 0.497 e. The maximum atomic E-state index is 12.8. The lowest BCUT2D eigenvalue weighted by molar-refractivity contribution is 0.0742. The van der Waals surface area contributed by atoms with E-state index >= 15 is 0 Å². The number of piperazine rings is 1. The third-order valence-corrected chi connectivity index (χ3v) is 4.47. The number of aromatic nitrogens is 1. The van der Waals surface area contributed by atoms with Crippen LogP contribution in [0.2, 0.25) is 0 Å². The minimum atomic E-state index is -0.0774. The van der Waals surface area contributed by atoms with Crippen LogP contribution in [0.5, 0.6) is 17.5 Å². The van der Waals surface area contributed by atoms with Crippen LogP contribution in [-0.2, 0) is 0 Å². The second kappa shape index (κ2) is 7.95. The highest BCUT2D eigenvalue weighted by Gasteiger charge is 2.25. The zero-order chi connectivity index (χ0) is 18.5. The number of anilines is 1. The van der Waals surface area contributed by atoms with Gasteiger partial charge in [0, 0.05) is 37.9 Å². The lowest BCUT2D eigenvalue weighted by atomic mass is 10.2. The van der Waals surface area contributed by atoms with Gasteiger partial charge >= 0.3 is 0 Å². The number of ether oxygens (including phenoxy) is 3. The maximum Gasteiger partial charge on any atom is 0.259 e. The molecule has 26 heavy (non-hydrogen) atoms. The summed E-state index contributed by atoms with van der Waals surface area (Å²) in [6, 6.07) is 11.3. The van der Waals surface area contributed by atoms with Crippen molar-refractivity contribution in [3.63, 3.8) is 0 Å². The number of carbonyl (C=O) groups is 1. The van der Waals surface area contributed by atoms with Crippen LogP contribution in [-0.4, -0.2) is 63.3 Å². The summed E-state index contributed by atoms with van der Waals surface area (Å²) in [4.78, 5) is 21.1. The lowest BCUT2D eigenvalue weighted by Gasteiger charge is -2.36. The molecule has 1 amide bonds. The summed E-state index contributed by atoms with van der Waals surface area (Å²) in [5.74, 6) is 1.46. The highest BCUT2D eigenvalue weighted by atomic mass is 16.5. The fraction of sp³-hybridized carbons (Fsp3) is 0.368. The normalized spacial score (nSPS) is 14.1. The van der Waals surface area contributed by atoms with Crippen molar-refractivity contribution in [3.05, 3.63) is 42.0 Å². The Morgan fingerprint density at radius 3 is 2.15 bits per heavy atom. The quantitative estimate of drug-likeness (QED) is 0.816. The Hall–Kier alpha value is -2.96. The molecule has 1 aliphatic rings. The first-order chi connectivity index (χ1) is 12.7. The molecule has 0 spiro atoms. The van der Waals surface area contributed by atoms with E-state index in [4.69, 9.17) is 14.2 Å². The summed E-state index contributed by atoms with van der Waals surface area (Å²) in [7, 11) is 4.68. The first kappa shape index (κ1) is 17.8. The summed E-state index contributed by atoms with van der Waals surface area (Å²) in [5, 5.41) is 0. The van der Waals surface area contributed by atoms with E-state index < -0.39 is 0 Å². The molecule has 0 aliphatic carbocycles. The molecule has 138 valence electrons. The zero-order valence-corrected chi connectivity index (χ0v) is 15.3. The summed E-state index contributed by atoms with van der Waals surface area (Å²) >= 11 is 0. The number of carbonyl (C=O) groups excluding carboxylic acids is 1. The Bertz CT molecular complexity index is 756. The van der Waals surface area contributed by atoms with Crippen molar-refractivity contribution in [2.24, 2.45) is 0 Å². The van der Waals surface area contributed by atoms with Gasteiger partial charge in [0.2, 0.25) is 11.8 Å². The Balaban J connectivity index is 1.66. The minimum absolute atomic E-state index is 0.0774. The smallest absolute Gasteiger partial charge is 0.259 e. The molecule has 1 aliphatic heterocycles. The van der Waals surface area contributed by atoms with Crippen LogP contribution in [0.15, 0.2) is 36.4 Å². The van der Waals surface area contributed by atoms with E-state index in [-0.39, 0.29) is 11.8 Å². The summed E-state index contributed by atoms with van der Waals surface area (Å²) in [5.41, 5.74) is 1.58. The molecule has 0 atom stereocenters. The van der Waals surface area contributed by atoms with Crippen molar-refractivity contribution in [3.8, 4) is 17.5 Å². The first-order valence-electron chi connectivity index (χ1n) is 8.43. The first-order valence-corrected chi connectivity index (χ1v) is 8.43. The predicted molar refractivity (Wildman–Crippen MR) is 98.5 cm³/mol. The molecule has 2 heterocycles. The second-order valence-corrected chi connectivity index (χ2v) is 5.89. The standard InChI is InChI=1S/C19H23N3O4/c1-24-15-6-4-14(5-7-15)21-10-12-22(13-11-21)19(23)16-8-9-17(25-2)20-18(16)26-3/h4-9H,10-13H2,1-3H3. The number of benzene rings is 1. The molecule has 0 N–H and O–H groups in total. The Kier molecular flexibility index (Phi) is 5.46. The molecule has 1 saturated heterocycles. The molecule has 0 radical (unpaired) electrons. The van der Waals surface area contributed by atoms with Crippen LogP contribution < -0.4 is 19.1 Å². The molecule has 0 unspecified atom stereocenters. The number of pyridine rings is 1. The molecule has 0 saturated carbocycles. The van der Waals surface area contributed by atoms with E-state index in [1.54, 1.807) is 19.2 Å².